The summed E-state index contributed by atoms with van der Waals surface area (Å²) in [4.78, 5) is 61.7. The van der Waals surface area contributed by atoms with Gasteiger partial charge in [0.25, 0.3) is 0 Å². The number of nitrogens with one attached hydrogen (secondary N) is 1. The molecule has 3 heterocycles. The zero-order chi connectivity index (χ0) is 35.2. The van der Waals surface area contributed by atoms with Crippen LogP contribution in [-0.4, -0.2) is 69.0 Å². The van der Waals surface area contributed by atoms with Gasteiger partial charge in [0.1, 0.15) is 28.8 Å². The molecule has 0 spiro atoms. The Balaban J connectivity index is 1.53. The fourth-order valence-electron chi connectivity index (χ4n) is 5.30. The quantitative estimate of drug-likeness (QED) is 0.0810. The zero-order valence-electron chi connectivity index (χ0n) is 27.3. The highest BCUT2D eigenvalue weighted by Crippen LogP contribution is 2.32. The van der Waals surface area contributed by atoms with Crippen molar-refractivity contribution in [1.82, 2.24) is 19.1 Å². The lowest BCUT2D eigenvalue weighted by Crippen LogP contribution is -2.17. The molecule has 5 rings (SSSR count). The average molecular weight is 690 g/mol. The highest BCUT2D eigenvalue weighted by atomic mass is 32.1. The Morgan fingerprint density at radius 3 is 2.51 bits per heavy atom. The van der Waals surface area contributed by atoms with Crippen molar-refractivity contribution in [2.45, 2.75) is 46.2 Å². The molecule has 0 aliphatic heterocycles. The van der Waals surface area contributed by atoms with E-state index in [1.807, 2.05) is 28.2 Å². The third kappa shape index (κ3) is 7.38. The number of ether oxygens (including phenoxy) is 2. The molecular weight excluding hydrogens is 654 g/mol. The Hall–Kier alpha value is -5.77. The summed E-state index contributed by atoms with van der Waals surface area (Å²) < 4.78 is 21.5. The number of nitrogens with zero attached hydrogens (tertiary/aromatic N) is 5. The van der Waals surface area contributed by atoms with Gasteiger partial charge in [0.2, 0.25) is 17.6 Å². The van der Waals surface area contributed by atoms with E-state index in [4.69, 9.17) is 24.7 Å². The number of carboxylic acid groups (broad SMARTS) is 1. The maximum atomic E-state index is 13.3. The maximum absolute atomic E-state index is 13.3. The Labute approximate surface area is 283 Å². The Bertz CT molecular complexity index is 2170. The predicted octanol–water partition coefficient (Wildman–Crippen LogP) is 4.11. The van der Waals surface area contributed by atoms with Crippen molar-refractivity contribution in [3.05, 3.63) is 69.7 Å². The molecular formula is C33H35N7O8S. The van der Waals surface area contributed by atoms with E-state index < -0.39 is 17.8 Å². The summed E-state index contributed by atoms with van der Waals surface area (Å²) in [6.07, 6.45) is 5.19. The van der Waals surface area contributed by atoms with E-state index in [2.05, 4.69) is 20.3 Å². The summed E-state index contributed by atoms with van der Waals surface area (Å²) in [7, 11) is 3.21. The molecule has 16 heteroatoms. The molecule has 0 radical (unpaired) electrons. The predicted molar refractivity (Wildman–Crippen MR) is 182 cm³/mol. The van der Waals surface area contributed by atoms with Crippen LogP contribution in [0.1, 0.15) is 62.6 Å². The molecule has 0 saturated heterocycles. The van der Waals surface area contributed by atoms with Gasteiger partial charge in [-0.2, -0.15) is 4.99 Å². The number of methoxy groups -OCH3 is 1. The van der Waals surface area contributed by atoms with Gasteiger partial charge in [-0.15, -0.1) is 0 Å². The van der Waals surface area contributed by atoms with Crippen molar-refractivity contribution in [2.24, 2.45) is 10.7 Å². The standard InChI is InChI=1S/C33H35N7O8S/c1-5-21-29(48-18(2)36-21)31(45)38-33-40(28-23(46-4)13-19(17-41)14-25(28)49-33)11-7-6-10-39-27-22(37-32(39)35-3)15-20(30(34)44)16-24(27)47-12-8-9-26(42)43/h6-7,13-17H,5,8-12H2,1-4H3,(H2,34,44)(H,35,37)(H,42,43)/b7-6+,38-33?. The van der Waals surface area contributed by atoms with E-state index in [9.17, 15) is 19.2 Å². The molecule has 3 aromatic heterocycles. The first-order valence-corrected chi connectivity index (χ1v) is 16.1. The second-order valence-electron chi connectivity index (χ2n) is 10.8. The SMILES string of the molecule is CCc1nc(C)oc1C(=O)N=c1sc2cc(C=O)cc(OC)c2n1C/C=C/Cn1c(NC)nc2cc(C(N)=O)cc(OCCCC(=O)O)c21. The molecule has 49 heavy (non-hydrogen) atoms. The van der Waals surface area contributed by atoms with Crippen LogP contribution in [0.2, 0.25) is 0 Å². The lowest BCUT2D eigenvalue weighted by molar-refractivity contribution is -0.137. The number of oxazole rings is 1. The minimum atomic E-state index is -0.940. The van der Waals surface area contributed by atoms with Gasteiger partial charge in [-0.1, -0.05) is 30.4 Å². The number of carbonyl (C=O) groups is 4. The lowest BCUT2D eigenvalue weighted by Gasteiger charge is -2.12. The number of imidazole rings is 1. The molecule has 0 aliphatic rings. The Morgan fingerprint density at radius 2 is 1.86 bits per heavy atom. The number of aromatic nitrogens is 4. The molecule has 0 bridgehead atoms. The molecule has 0 unspecified atom stereocenters. The van der Waals surface area contributed by atoms with Crippen molar-refractivity contribution in [3.63, 3.8) is 0 Å². The second-order valence-corrected chi connectivity index (χ2v) is 11.8. The first-order chi connectivity index (χ1) is 23.6. The van der Waals surface area contributed by atoms with E-state index in [1.54, 1.807) is 32.2 Å². The fourth-order valence-corrected chi connectivity index (χ4v) is 6.41. The first-order valence-electron chi connectivity index (χ1n) is 15.3. The first kappa shape index (κ1) is 34.6. The minimum absolute atomic E-state index is 0.0731. The molecule has 5 aromatic rings. The van der Waals surface area contributed by atoms with E-state index in [-0.39, 0.29) is 37.3 Å². The van der Waals surface area contributed by atoms with E-state index in [1.165, 1.54) is 24.5 Å². The molecule has 4 N–H and O–H groups in total. The summed E-state index contributed by atoms with van der Waals surface area (Å²) in [5.74, 6) is -0.464. The number of anilines is 1. The van der Waals surface area contributed by atoms with Crippen molar-refractivity contribution in [2.75, 3.05) is 26.1 Å². The van der Waals surface area contributed by atoms with Crippen LogP contribution in [0.4, 0.5) is 5.95 Å². The topological polar surface area (TPSA) is 206 Å². The number of amides is 2. The van der Waals surface area contributed by atoms with E-state index in [0.717, 1.165) is 6.29 Å². The highest BCUT2D eigenvalue weighted by molar-refractivity contribution is 7.16. The van der Waals surface area contributed by atoms with Gasteiger partial charge in [-0.3, -0.25) is 19.2 Å². The third-order valence-electron chi connectivity index (χ3n) is 7.50. The Morgan fingerprint density at radius 1 is 1.10 bits per heavy atom. The number of aliphatic carboxylic acids is 1. The van der Waals surface area contributed by atoms with E-state index >= 15 is 0 Å². The summed E-state index contributed by atoms with van der Waals surface area (Å²) in [5, 5.41) is 12.1. The van der Waals surface area contributed by atoms with Crippen LogP contribution in [0.25, 0.3) is 21.3 Å². The zero-order valence-corrected chi connectivity index (χ0v) is 28.1. The second kappa shape index (κ2) is 15.0. The van der Waals surface area contributed by atoms with Crippen LogP contribution in [0.5, 0.6) is 11.5 Å². The number of hydrogen-bond acceptors (Lipinski definition) is 11. The average Bonchev–Trinajstić information content (AvgIpc) is 3.76. The number of fused-ring (bicyclic) bond motifs is 2. The highest BCUT2D eigenvalue weighted by Gasteiger charge is 2.20. The van der Waals surface area contributed by atoms with Crippen LogP contribution in [-0.2, 0) is 24.3 Å². The van der Waals surface area contributed by atoms with Crippen molar-refractivity contribution >= 4 is 62.6 Å². The van der Waals surface area contributed by atoms with Crippen LogP contribution >= 0.6 is 11.3 Å². The van der Waals surface area contributed by atoms with Crippen molar-refractivity contribution < 1.29 is 38.2 Å². The van der Waals surface area contributed by atoms with Gasteiger partial charge in [-0.25, -0.2) is 9.97 Å². The monoisotopic (exact) mass is 689 g/mol. The fraction of sp³-hybridized carbons (Fsp3) is 0.303. The number of allylic oxidation sites excluding steroid dienone is 2. The number of rotatable bonds is 15. The number of benzene rings is 2. The summed E-state index contributed by atoms with van der Waals surface area (Å²) in [6.45, 7) is 4.23. The molecule has 0 aliphatic carbocycles. The van der Waals surface area contributed by atoms with Crippen LogP contribution in [0, 0.1) is 6.92 Å². The number of hydrogen-bond donors (Lipinski definition) is 3. The van der Waals surface area contributed by atoms with Crippen LogP contribution in [0.3, 0.4) is 0 Å². The molecule has 2 aromatic carbocycles. The lowest BCUT2D eigenvalue weighted by atomic mass is 10.1. The largest absolute Gasteiger partial charge is 0.494 e. The number of carboxylic acids is 1. The summed E-state index contributed by atoms with van der Waals surface area (Å²) in [5.41, 5.74) is 8.39. The number of primary amides is 1. The molecule has 256 valence electrons. The molecule has 15 nitrogen and oxygen atoms in total. The van der Waals surface area contributed by atoms with Gasteiger partial charge >= 0.3 is 11.9 Å². The van der Waals surface area contributed by atoms with Crippen molar-refractivity contribution in [3.8, 4) is 11.5 Å². The summed E-state index contributed by atoms with van der Waals surface area (Å²) in [6, 6.07) is 6.42. The van der Waals surface area contributed by atoms with Crippen molar-refractivity contribution in [1.29, 1.82) is 0 Å². The maximum Gasteiger partial charge on any atom is 0.317 e. The van der Waals surface area contributed by atoms with Gasteiger partial charge < -0.3 is 39.2 Å². The summed E-state index contributed by atoms with van der Waals surface area (Å²) >= 11 is 1.23. The smallest absolute Gasteiger partial charge is 0.317 e. The molecule has 0 saturated carbocycles. The molecule has 0 fully saturated rings. The van der Waals surface area contributed by atoms with Gasteiger partial charge in [0, 0.05) is 44.6 Å². The normalized spacial score (nSPS) is 11.9. The number of nitrogens with two attached hydrogens (primary N) is 1. The number of aryl methyl sites for hydroxylation is 2. The number of thiazole rings is 1. The van der Waals surface area contributed by atoms with E-state index in [0.29, 0.717) is 73.6 Å². The van der Waals surface area contributed by atoms with Crippen LogP contribution < -0.4 is 25.3 Å². The van der Waals surface area contributed by atoms with Gasteiger partial charge in [-0.05, 0) is 37.1 Å². The third-order valence-corrected chi connectivity index (χ3v) is 8.53. The van der Waals surface area contributed by atoms with Crippen LogP contribution in [0.15, 0.2) is 45.8 Å². The van der Waals surface area contributed by atoms with Gasteiger partial charge in [0.15, 0.2) is 10.7 Å². The Kier molecular flexibility index (Phi) is 10.6. The molecule has 2 amide bonds. The molecule has 0 atom stereocenters. The minimum Gasteiger partial charge on any atom is -0.494 e. The number of carbonyl (C=O) groups excluding carboxylic acids is 3. The number of aldehydes is 1. The van der Waals surface area contributed by atoms with Gasteiger partial charge in [0.05, 0.1) is 29.6 Å².